The van der Waals surface area contributed by atoms with Crippen molar-refractivity contribution in [1.29, 1.82) is 0 Å². The predicted molar refractivity (Wildman–Crippen MR) is 83.0 cm³/mol. The van der Waals surface area contributed by atoms with Crippen LogP contribution in [0.2, 0.25) is 0 Å². The Morgan fingerprint density at radius 1 is 1.35 bits per heavy atom. The lowest BCUT2D eigenvalue weighted by Gasteiger charge is -2.05. The van der Waals surface area contributed by atoms with Crippen LogP contribution in [0.1, 0.15) is 10.4 Å². The number of nitrogens with one attached hydrogen (secondary N) is 1. The number of sulfonamides is 1. The lowest BCUT2D eigenvalue weighted by molar-refractivity contribution is 0.581. The number of rotatable bonds is 6. The number of nitrogens with zero attached hydrogens (tertiary/aromatic N) is 1. The summed E-state index contributed by atoms with van der Waals surface area (Å²) < 4.78 is 27.5. The van der Waals surface area contributed by atoms with Crippen LogP contribution in [-0.2, 0) is 23.0 Å². The molecule has 2 heterocycles. The lowest BCUT2D eigenvalue weighted by atomic mass is 10.2. The number of hydrogen-bond donors (Lipinski definition) is 2. The van der Waals surface area contributed by atoms with E-state index in [1.54, 1.807) is 18.5 Å². The van der Waals surface area contributed by atoms with Crippen molar-refractivity contribution in [2.75, 3.05) is 6.54 Å². The maximum Gasteiger partial charge on any atom is 0.242 e. The molecule has 20 heavy (non-hydrogen) atoms. The maximum atomic E-state index is 12.2. The standard InChI is InChI=1S/C12H14BrN3O2S2/c13-12-11(7-10(8-14)19-12)20(17,18)16-6-3-9-1-4-15-5-2-9/h1-2,4-5,7,16H,3,6,8,14H2. The molecule has 2 aromatic rings. The number of pyridine rings is 1. The summed E-state index contributed by atoms with van der Waals surface area (Å²) in [6, 6.07) is 5.33. The first-order valence-corrected chi connectivity index (χ1v) is 8.99. The van der Waals surface area contributed by atoms with Gasteiger partial charge in [-0.25, -0.2) is 13.1 Å². The van der Waals surface area contributed by atoms with E-state index in [0.29, 0.717) is 23.3 Å². The van der Waals surface area contributed by atoms with E-state index < -0.39 is 10.0 Å². The minimum Gasteiger partial charge on any atom is -0.326 e. The zero-order chi connectivity index (χ0) is 14.6. The first-order chi connectivity index (χ1) is 9.53. The van der Waals surface area contributed by atoms with E-state index in [-0.39, 0.29) is 4.90 Å². The summed E-state index contributed by atoms with van der Waals surface area (Å²) in [5, 5.41) is 0. The van der Waals surface area contributed by atoms with Crippen molar-refractivity contribution in [3.05, 3.63) is 44.8 Å². The van der Waals surface area contributed by atoms with E-state index in [9.17, 15) is 8.42 Å². The van der Waals surface area contributed by atoms with E-state index in [1.807, 2.05) is 12.1 Å². The summed E-state index contributed by atoms with van der Waals surface area (Å²) in [6.45, 7) is 0.669. The molecular weight excluding hydrogens is 362 g/mol. The van der Waals surface area contributed by atoms with Gasteiger partial charge < -0.3 is 5.73 Å². The van der Waals surface area contributed by atoms with Gasteiger partial charge in [-0.3, -0.25) is 4.98 Å². The minimum absolute atomic E-state index is 0.248. The zero-order valence-electron chi connectivity index (χ0n) is 10.5. The van der Waals surface area contributed by atoms with Gasteiger partial charge in [0.05, 0.1) is 3.79 Å². The molecule has 0 bridgehead atoms. The summed E-state index contributed by atoms with van der Waals surface area (Å²) in [5.41, 5.74) is 6.56. The highest BCUT2D eigenvalue weighted by Crippen LogP contribution is 2.31. The summed E-state index contributed by atoms with van der Waals surface area (Å²) >= 11 is 4.60. The van der Waals surface area contributed by atoms with E-state index in [1.165, 1.54) is 11.3 Å². The summed E-state index contributed by atoms with van der Waals surface area (Å²) in [7, 11) is -3.51. The molecule has 3 N–H and O–H groups in total. The Kier molecular flexibility index (Phi) is 5.28. The third-order valence-electron chi connectivity index (χ3n) is 2.65. The second-order valence-electron chi connectivity index (χ2n) is 4.06. The van der Waals surface area contributed by atoms with Crippen LogP contribution in [0.15, 0.2) is 39.3 Å². The fourth-order valence-corrected chi connectivity index (χ4v) is 5.23. The monoisotopic (exact) mass is 375 g/mol. The number of hydrogen-bond acceptors (Lipinski definition) is 5. The molecule has 2 aromatic heterocycles. The predicted octanol–water partition coefficient (Wildman–Crippen LogP) is 1.89. The molecule has 5 nitrogen and oxygen atoms in total. The van der Waals surface area contributed by atoms with Crippen molar-refractivity contribution in [2.45, 2.75) is 17.9 Å². The third-order valence-corrected chi connectivity index (χ3v) is 6.39. The van der Waals surface area contributed by atoms with Gasteiger partial charge in [-0.15, -0.1) is 11.3 Å². The number of thiophene rings is 1. The van der Waals surface area contributed by atoms with Crippen LogP contribution in [0, 0.1) is 0 Å². The molecule has 0 aliphatic heterocycles. The highest BCUT2D eigenvalue weighted by molar-refractivity contribution is 9.11. The van der Waals surface area contributed by atoms with Crippen molar-refractivity contribution < 1.29 is 8.42 Å². The van der Waals surface area contributed by atoms with Crippen molar-refractivity contribution in [2.24, 2.45) is 5.73 Å². The summed E-state index contributed by atoms with van der Waals surface area (Å²) in [4.78, 5) is 4.99. The molecule has 0 unspecified atom stereocenters. The van der Waals surface area contributed by atoms with Gasteiger partial charge in [0, 0.05) is 30.4 Å². The van der Waals surface area contributed by atoms with Crippen molar-refractivity contribution in [1.82, 2.24) is 9.71 Å². The van der Waals surface area contributed by atoms with Crippen LogP contribution in [0.4, 0.5) is 0 Å². The van der Waals surface area contributed by atoms with Crippen LogP contribution in [0.5, 0.6) is 0 Å². The molecule has 0 saturated carbocycles. The Morgan fingerprint density at radius 2 is 2.05 bits per heavy atom. The third kappa shape index (κ3) is 3.86. The Labute approximate surface area is 130 Å². The topological polar surface area (TPSA) is 85.1 Å². The van der Waals surface area contributed by atoms with E-state index >= 15 is 0 Å². The Morgan fingerprint density at radius 3 is 2.65 bits per heavy atom. The van der Waals surface area contributed by atoms with Crippen LogP contribution in [0.3, 0.4) is 0 Å². The smallest absolute Gasteiger partial charge is 0.242 e. The minimum atomic E-state index is -3.51. The molecule has 0 amide bonds. The van der Waals surface area contributed by atoms with Crippen LogP contribution in [0.25, 0.3) is 0 Å². The summed E-state index contributed by atoms with van der Waals surface area (Å²) in [5.74, 6) is 0. The lowest BCUT2D eigenvalue weighted by Crippen LogP contribution is -2.25. The van der Waals surface area contributed by atoms with Gasteiger partial charge in [0.2, 0.25) is 10.0 Å². The molecular formula is C12H14BrN3O2S2. The van der Waals surface area contributed by atoms with Gasteiger partial charge in [-0.1, -0.05) is 0 Å². The molecule has 0 saturated heterocycles. The average Bonchev–Trinajstić information content (AvgIpc) is 2.82. The molecule has 2 rings (SSSR count). The quantitative estimate of drug-likeness (QED) is 0.806. The molecule has 8 heteroatoms. The zero-order valence-corrected chi connectivity index (χ0v) is 13.8. The van der Waals surface area contributed by atoms with Gasteiger partial charge in [-0.2, -0.15) is 0 Å². The largest absolute Gasteiger partial charge is 0.326 e. The second kappa shape index (κ2) is 6.77. The van der Waals surface area contributed by atoms with Gasteiger partial charge in [0.15, 0.2) is 0 Å². The van der Waals surface area contributed by atoms with Crippen molar-refractivity contribution in [3.63, 3.8) is 0 Å². The van der Waals surface area contributed by atoms with E-state index in [2.05, 4.69) is 25.6 Å². The van der Waals surface area contributed by atoms with Crippen LogP contribution >= 0.6 is 27.3 Å². The van der Waals surface area contributed by atoms with E-state index in [4.69, 9.17) is 5.73 Å². The SMILES string of the molecule is NCc1cc(S(=O)(=O)NCCc2ccncc2)c(Br)s1. The fraction of sp³-hybridized carbons (Fsp3) is 0.250. The molecule has 0 atom stereocenters. The Balaban J connectivity index is 2.02. The molecule has 0 spiro atoms. The highest BCUT2D eigenvalue weighted by atomic mass is 79.9. The van der Waals surface area contributed by atoms with Crippen molar-refractivity contribution in [3.8, 4) is 0 Å². The number of nitrogens with two attached hydrogens (primary N) is 1. The average molecular weight is 376 g/mol. The van der Waals surface area contributed by atoms with Gasteiger partial charge in [0.1, 0.15) is 4.90 Å². The Hall–Kier alpha value is -0.800. The maximum absolute atomic E-state index is 12.2. The van der Waals surface area contributed by atoms with Gasteiger partial charge in [-0.05, 0) is 46.1 Å². The molecule has 108 valence electrons. The molecule has 0 aliphatic carbocycles. The molecule has 0 aromatic carbocycles. The number of aromatic nitrogens is 1. The van der Waals surface area contributed by atoms with Crippen LogP contribution < -0.4 is 10.5 Å². The molecule has 0 radical (unpaired) electrons. The first-order valence-electron chi connectivity index (χ1n) is 5.90. The molecule has 0 aliphatic rings. The van der Waals surface area contributed by atoms with Crippen molar-refractivity contribution >= 4 is 37.3 Å². The van der Waals surface area contributed by atoms with E-state index in [0.717, 1.165) is 10.4 Å². The second-order valence-corrected chi connectivity index (χ2v) is 8.25. The van der Waals surface area contributed by atoms with Gasteiger partial charge >= 0.3 is 0 Å². The number of halogens is 1. The fourth-order valence-electron chi connectivity index (χ4n) is 1.64. The Bertz CT molecular complexity index is 671. The first kappa shape index (κ1) is 15.6. The summed E-state index contributed by atoms with van der Waals surface area (Å²) in [6.07, 6.45) is 3.99. The van der Waals surface area contributed by atoms with Crippen LogP contribution in [-0.4, -0.2) is 19.9 Å². The normalized spacial score (nSPS) is 11.7. The highest BCUT2D eigenvalue weighted by Gasteiger charge is 2.20. The van der Waals surface area contributed by atoms with Gasteiger partial charge in [0.25, 0.3) is 0 Å². The molecule has 0 fully saturated rings.